The highest BCUT2D eigenvalue weighted by molar-refractivity contribution is 6.34. The molecule has 4 aromatic rings. The molecule has 5 rings (SSSR count). The number of H-pyrrole nitrogens is 1. The van der Waals surface area contributed by atoms with Gasteiger partial charge in [0.1, 0.15) is 0 Å². The zero-order chi connectivity index (χ0) is 17.5. The average Bonchev–Trinajstić information content (AvgIpc) is 3.29. The maximum atomic E-state index is 6.61. The summed E-state index contributed by atoms with van der Waals surface area (Å²) < 4.78 is 0. The highest BCUT2D eigenvalue weighted by Gasteiger charge is 2.25. The monoisotopic (exact) mass is 390 g/mol. The van der Waals surface area contributed by atoms with Crippen molar-refractivity contribution in [1.29, 1.82) is 0 Å². The van der Waals surface area contributed by atoms with Crippen LogP contribution in [0, 0.1) is 0 Å². The molecule has 3 aromatic carbocycles. The SMILES string of the molecule is Clc1ccccc1/C(=C1/C=[NH+]c2ccccc21)c1c[nH]c2ccccc12.[Cl-]. The Kier molecular flexibility index (Phi) is 4.61. The molecule has 0 aliphatic carbocycles. The zero-order valence-electron chi connectivity index (χ0n) is 14.3. The lowest BCUT2D eigenvalue weighted by molar-refractivity contribution is -0.342. The predicted octanol–water partition coefficient (Wildman–Crippen LogP) is 1.58. The van der Waals surface area contributed by atoms with E-state index in [1.165, 1.54) is 10.9 Å². The van der Waals surface area contributed by atoms with Gasteiger partial charge in [-0.15, -0.1) is 0 Å². The third-order valence-corrected chi connectivity index (χ3v) is 5.19. The summed E-state index contributed by atoms with van der Waals surface area (Å²) >= 11 is 6.61. The molecule has 0 fully saturated rings. The van der Waals surface area contributed by atoms with Gasteiger partial charge in [0.25, 0.3) is 0 Å². The topological polar surface area (TPSA) is 29.8 Å². The van der Waals surface area contributed by atoms with Crippen LogP contribution in [0.25, 0.3) is 22.0 Å². The van der Waals surface area contributed by atoms with Crippen LogP contribution in [0.2, 0.25) is 5.02 Å². The van der Waals surface area contributed by atoms with Crippen LogP contribution in [-0.2, 0) is 0 Å². The summed E-state index contributed by atoms with van der Waals surface area (Å²) in [5.74, 6) is 0. The lowest BCUT2D eigenvalue weighted by Crippen LogP contribution is -3.00. The standard InChI is InChI=1S/C23H15ClN2.ClH/c24-20-10-4-1-9-17(20)23(18-13-25-21-11-5-2-7-15(18)21)19-14-26-22-12-6-3-8-16(19)22;/h1-14,25H;1H/b23-19+;. The predicted molar refractivity (Wildman–Crippen MR) is 109 cm³/mol. The molecule has 1 aromatic heterocycles. The Morgan fingerprint density at radius 1 is 0.815 bits per heavy atom. The summed E-state index contributed by atoms with van der Waals surface area (Å²) in [5.41, 5.74) is 7.89. The molecule has 2 N–H and O–H groups in total. The molecule has 0 bridgehead atoms. The third kappa shape index (κ3) is 2.87. The Bertz CT molecular complexity index is 1200. The van der Waals surface area contributed by atoms with Crippen molar-refractivity contribution in [2.24, 2.45) is 0 Å². The van der Waals surface area contributed by atoms with E-state index < -0.39 is 0 Å². The molecule has 2 nitrogen and oxygen atoms in total. The molecule has 4 heteroatoms. The van der Waals surface area contributed by atoms with Gasteiger partial charge in [-0.1, -0.05) is 60.1 Å². The lowest BCUT2D eigenvalue weighted by atomic mass is 9.90. The van der Waals surface area contributed by atoms with Gasteiger partial charge >= 0.3 is 0 Å². The maximum Gasteiger partial charge on any atom is 0.211 e. The molecular formula is C23H16Cl2N2. The number of benzene rings is 3. The van der Waals surface area contributed by atoms with Gasteiger partial charge < -0.3 is 17.4 Å². The van der Waals surface area contributed by atoms with Gasteiger partial charge in [-0.25, -0.2) is 4.99 Å². The Morgan fingerprint density at radius 3 is 2.44 bits per heavy atom. The van der Waals surface area contributed by atoms with Crippen molar-refractivity contribution in [1.82, 2.24) is 4.98 Å². The first kappa shape index (κ1) is 17.6. The number of halogens is 2. The summed E-state index contributed by atoms with van der Waals surface area (Å²) in [6.07, 6.45) is 4.15. The molecule has 0 unspecified atom stereocenters. The Hall–Kier alpha value is -2.81. The van der Waals surface area contributed by atoms with Crippen molar-refractivity contribution < 1.29 is 17.4 Å². The molecule has 1 aliphatic rings. The van der Waals surface area contributed by atoms with Crippen molar-refractivity contribution >= 4 is 45.6 Å². The van der Waals surface area contributed by atoms with Crippen LogP contribution < -0.4 is 17.4 Å². The van der Waals surface area contributed by atoms with E-state index in [2.05, 4.69) is 64.9 Å². The van der Waals surface area contributed by atoms with Gasteiger partial charge in [-0.3, -0.25) is 0 Å². The van der Waals surface area contributed by atoms with Crippen LogP contribution in [0.1, 0.15) is 16.7 Å². The first-order valence-corrected chi connectivity index (χ1v) is 8.95. The summed E-state index contributed by atoms with van der Waals surface area (Å²) in [7, 11) is 0. The van der Waals surface area contributed by atoms with Crippen LogP contribution in [-0.4, -0.2) is 11.2 Å². The number of aromatic amines is 1. The molecule has 0 saturated carbocycles. The fraction of sp³-hybridized carbons (Fsp3) is 0. The van der Waals surface area contributed by atoms with Crippen molar-refractivity contribution in [3.8, 4) is 0 Å². The van der Waals surface area contributed by atoms with Gasteiger partial charge in [-0.05, 0) is 18.2 Å². The average molecular weight is 391 g/mol. The van der Waals surface area contributed by atoms with Gasteiger partial charge in [0.05, 0.1) is 11.1 Å². The summed E-state index contributed by atoms with van der Waals surface area (Å²) in [6.45, 7) is 0. The number of rotatable bonds is 2. The number of hydrogen-bond donors (Lipinski definition) is 2. The minimum atomic E-state index is 0. The minimum Gasteiger partial charge on any atom is -1.00 e. The second-order valence-corrected chi connectivity index (χ2v) is 6.76. The van der Waals surface area contributed by atoms with Crippen LogP contribution in [0.4, 0.5) is 5.69 Å². The van der Waals surface area contributed by atoms with E-state index in [1.807, 2.05) is 30.3 Å². The largest absolute Gasteiger partial charge is 1.00 e. The maximum absolute atomic E-state index is 6.61. The van der Waals surface area contributed by atoms with Gasteiger partial charge in [0, 0.05) is 44.9 Å². The van der Waals surface area contributed by atoms with Crippen molar-refractivity contribution in [3.63, 3.8) is 0 Å². The van der Waals surface area contributed by atoms with E-state index in [0.29, 0.717) is 0 Å². The fourth-order valence-corrected chi connectivity index (χ4v) is 3.89. The molecule has 132 valence electrons. The molecule has 0 saturated heterocycles. The molecular weight excluding hydrogens is 375 g/mol. The molecule has 0 radical (unpaired) electrons. The van der Waals surface area contributed by atoms with Crippen LogP contribution in [0.5, 0.6) is 0 Å². The van der Waals surface area contributed by atoms with E-state index in [9.17, 15) is 0 Å². The molecule has 27 heavy (non-hydrogen) atoms. The second-order valence-electron chi connectivity index (χ2n) is 6.35. The number of allylic oxidation sites excluding steroid dienone is 1. The van der Waals surface area contributed by atoms with Gasteiger partial charge in [-0.2, -0.15) is 0 Å². The van der Waals surface area contributed by atoms with E-state index in [-0.39, 0.29) is 12.4 Å². The zero-order valence-corrected chi connectivity index (χ0v) is 15.9. The summed E-state index contributed by atoms with van der Waals surface area (Å²) in [5, 5.41) is 1.94. The van der Waals surface area contributed by atoms with Gasteiger partial charge in [0.2, 0.25) is 5.69 Å². The van der Waals surface area contributed by atoms with Crippen LogP contribution in [0.3, 0.4) is 0 Å². The third-order valence-electron chi connectivity index (χ3n) is 4.86. The minimum absolute atomic E-state index is 0. The number of fused-ring (bicyclic) bond motifs is 2. The van der Waals surface area contributed by atoms with E-state index in [1.54, 1.807) is 0 Å². The molecule has 0 atom stereocenters. The molecule has 2 heterocycles. The quantitative estimate of drug-likeness (QED) is 0.520. The van der Waals surface area contributed by atoms with Crippen molar-refractivity contribution in [2.45, 2.75) is 0 Å². The van der Waals surface area contributed by atoms with Crippen molar-refractivity contribution in [2.75, 3.05) is 0 Å². The molecule has 0 amide bonds. The number of nitrogens with one attached hydrogen (secondary N) is 2. The van der Waals surface area contributed by atoms with Crippen LogP contribution in [0.15, 0.2) is 79.0 Å². The van der Waals surface area contributed by atoms with E-state index >= 15 is 0 Å². The van der Waals surface area contributed by atoms with E-state index in [0.717, 1.165) is 38.5 Å². The fourth-order valence-electron chi connectivity index (χ4n) is 3.66. The molecule has 1 aliphatic heterocycles. The highest BCUT2D eigenvalue weighted by atomic mass is 35.5. The highest BCUT2D eigenvalue weighted by Crippen LogP contribution is 2.39. The van der Waals surface area contributed by atoms with Crippen molar-refractivity contribution in [3.05, 3.63) is 101 Å². The van der Waals surface area contributed by atoms with Gasteiger partial charge in [0.15, 0.2) is 6.21 Å². The Labute approximate surface area is 168 Å². The Balaban J connectivity index is 0.00000180. The summed E-state index contributed by atoms with van der Waals surface area (Å²) in [6, 6.07) is 24.7. The molecule has 0 spiro atoms. The first-order valence-electron chi connectivity index (χ1n) is 8.58. The smallest absolute Gasteiger partial charge is 0.211 e. The normalized spacial score (nSPS) is 14.1. The lowest BCUT2D eigenvalue weighted by Gasteiger charge is -2.12. The second kappa shape index (κ2) is 7.07. The number of para-hydroxylation sites is 2. The van der Waals surface area contributed by atoms with Crippen LogP contribution >= 0.6 is 11.6 Å². The van der Waals surface area contributed by atoms with E-state index in [4.69, 9.17) is 11.6 Å². The number of hydrogen-bond acceptors (Lipinski definition) is 0. The summed E-state index contributed by atoms with van der Waals surface area (Å²) in [4.78, 5) is 6.79. The first-order chi connectivity index (χ1) is 12.8. The Morgan fingerprint density at radius 2 is 1.56 bits per heavy atom. The number of aromatic nitrogens is 1.